The highest BCUT2D eigenvalue weighted by molar-refractivity contribution is 7.15. The Morgan fingerprint density at radius 2 is 2.08 bits per heavy atom. The maximum absolute atomic E-state index is 12.4. The van der Waals surface area contributed by atoms with Crippen LogP contribution in [-0.4, -0.2) is 26.3 Å². The summed E-state index contributed by atoms with van der Waals surface area (Å²) in [5, 5.41) is 20.0. The number of nitrogens with one attached hydrogen (secondary N) is 2. The summed E-state index contributed by atoms with van der Waals surface area (Å²) < 4.78 is 0. The molecule has 25 heavy (non-hydrogen) atoms. The molecule has 3 rings (SSSR count). The van der Waals surface area contributed by atoms with E-state index in [1.54, 1.807) is 18.2 Å². The molecule has 0 bridgehead atoms. The fraction of sp³-hybridized carbons (Fsp3) is 0.294. The molecule has 0 aliphatic rings. The highest BCUT2D eigenvalue weighted by Gasteiger charge is 2.16. The molecule has 0 atom stereocenters. The predicted molar refractivity (Wildman–Crippen MR) is 100 cm³/mol. The molecule has 3 aromatic rings. The Bertz CT molecular complexity index is 871. The largest absolute Gasteiger partial charge is 0.295 e. The van der Waals surface area contributed by atoms with Crippen molar-refractivity contribution >= 4 is 34.0 Å². The van der Waals surface area contributed by atoms with Gasteiger partial charge in [-0.1, -0.05) is 48.9 Å². The molecule has 0 saturated carbocycles. The standard InChI is InChI=1S/C17H18ClN5OS/c1-3-10(4-2)16-22-23-17(25-16)19-15(24)14-9-13(20-21-14)11-6-5-7-12(18)8-11/h5-10H,3-4H2,1-2H3,(H,20,21)(H,19,23,24). The summed E-state index contributed by atoms with van der Waals surface area (Å²) in [5.74, 6) is 0.0813. The van der Waals surface area contributed by atoms with Crippen molar-refractivity contribution < 1.29 is 4.79 Å². The summed E-state index contributed by atoms with van der Waals surface area (Å²) in [6, 6.07) is 9.00. The van der Waals surface area contributed by atoms with E-state index in [1.807, 2.05) is 12.1 Å². The molecule has 0 saturated heterocycles. The summed E-state index contributed by atoms with van der Waals surface area (Å²) >= 11 is 7.40. The highest BCUT2D eigenvalue weighted by atomic mass is 35.5. The van der Waals surface area contributed by atoms with Crippen molar-refractivity contribution in [2.24, 2.45) is 0 Å². The number of benzene rings is 1. The molecule has 2 heterocycles. The van der Waals surface area contributed by atoms with Crippen LogP contribution in [0.3, 0.4) is 0 Å². The van der Waals surface area contributed by atoms with Crippen LogP contribution in [0.4, 0.5) is 5.13 Å². The van der Waals surface area contributed by atoms with E-state index in [4.69, 9.17) is 11.6 Å². The normalized spacial score (nSPS) is 11.0. The van der Waals surface area contributed by atoms with Crippen LogP contribution in [0.1, 0.15) is 48.1 Å². The lowest BCUT2D eigenvalue weighted by Gasteiger charge is -2.05. The van der Waals surface area contributed by atoms with Gasteiger partial charge in [-0.15, -0.1) is 10.2 Å². The van der Waals surface area contributed by atoms with Crippen LogP contribution in [0.2, 0.25) is 5.02 Å². The first kappa shape index (κ1) is 17.6. The number of anilines is 1. The zero-order chi connectivity index (χ0) is 17.8. The first-order valence-electron chi connectivity index (χ1n) is 8.06. The van der Waals surface area contributed by atoms with Crippen LogP contribution in [-0.2, 0) is 0 Å². The van der Waals surface area contributed by atoms with Crippen LogP contribution in [0, 0.1) is 0 Å². The number of halogens is 1. The number of nitrogens with zero attached hydrogens (tertiary/aromatic N) is 3. The smallest absolute Gasteiger partial charge is 0.275 e. The summed E-state index contributed by atoms with van der Waals surface area (Å²) in [6.07, 6.45) is 2.01. The van der Waals surface area contributed by atoms with Crippen LogP contribution >= 0.6 is 22.9 Å². The molecule has 130 valence electrons. The van der Waals surface area contributed by atoms with E-state index in [-0.39, 0.29) is 5.91 Å². The first-order valence-corrected chi connectivity index (χ1v) is 9.26. The van der Waals surface area contributed by atoms with E-state index >= 15 is 0 Å². The van der Waals surface area contributed by atoms with Gasteiger partial charge < -0.3 is 0 Å². The van der Waals surface area contributed by atoms with Crippen molar-refractivity contribution in [1.29, 1.82) is 0 Å². The quantitative estimate of drug-likeness (QED) is 0.651. The number of carbonyl (C=O) groups excluding carboxylic acids is 1. The third kappa shape index (κ3) is 4.05. The summed E-state index contributed by atoms with van der Waals surface area (Å²) in [4.78, 5) is 12.4. The molecule has 0 unspecified atom stereocenters. The molecular formula is C17H18ClN5OS. The van der Waals surface area contributed by atoms with Gasteiger partial charge >= 0.3 is 0 Å². The third-order valence-corrected chi connectivity index (χ3v) is 5.18. The minimum atomic E-state index is -0.298. The Morgan fingerprint density at radius 3 is 2.80 bits per heavy atom. The number of aromatic amines is 1. The fourth-order valence-electron chi connectivity index (χ4n) is 2.49. The molecule has 0 aliphatic heterocycles. The maximum Gasteiger partial charge on any atom is 0.275 e. The molecule has 0 radical (unpaired) electrons. The lowest BCUT2D eigenvalue weighted by molar-refractivity contribution is 0.102. The van der Waals surface area contributed by atoms with Crippen LogP contribution in [0.15, 0.2) is 30.3 Å². The second-order valence-electron chi connectivity index (χ2n) is 5.59. The van der Waals surface area contributed by atoms with E-state index in [0.29, 0.717) is 27.5 Å². The molecule has 1 amide bonds. The number of H-pyrrole nitrogens is 1. The molecule has 0 aliphatic carbocycles. The number of rotatable bonds is 6. The number of aromatic nitrogens is 4. The first-order chi connectivity index (χ1) is 12.1. The molecule has 2 N–H and O–H groups in total. The van der Waals surface area contributed by atoms with Gasteiger partial charge in [-0.25, -0.2) is 0 Å². The molecular weight excluding hydrogens is 358 g/mol. The minimum absolute atomic E-state index is 0.298. The van der Waals surface area contributed by atoms with Crippen molar-refractivity contribution in [2.45, 2.75) is 32.6 Å². The van der Waals surface area contributed by atoms with Gasteiger partial charge in [0.1, 0.15) is 10.7 Å². The van der Waals surface area contributed by atoms with Gasteiger partial charge in [-0.3, -0.25) is 15.2 Å². The van der Waals surface area contributed by atoms with E-state index < -0.39 is 0 Å². The Kier molecular flexibility index (Phi) is 5.45. The van der Waals surface area contributed by atoms with Crippen molar-refractivity contribution in [3.63, 3.8) is 0 Å². The molecule has 8 heteroatoms. The monoisotopic (exact) mass is 375 g/mol. The molecule has 6 nitrogen and oxygen atoms in total. The van der Waals surface area contributed by atoms with Gasteiger partial charge in [-0.2, -0.15) is 5.10 Å². The van der Waals surface area contributed by atoms with Gasteiger partial charge in [0, 0.05) is 16.5 Å². The van der Waals surface area contributed by atoms with Gasteiger partial charge in [0.15, 0.2) is 0 Å². The average Bonchev–Trinajstić information content (AvgIpc) is 3.26. The summed E-state index contributed by atoms with van der Waals surface area (Å²) in [7, 11) is 0. The molecule has 1 aromatic carbocycles. The predicted octanol–water partition coefficient (Wildman–Crippen LogP) is 4.74. The maximum atomic E-state index is 12.4. The summed E-state index contributed by atoms with van der Waals surface area (Å²) in [5.41, 5.74) is 1.85. The van der Waals surface area contributed by atoms with E-state index in [2.05, 4.69) is 39.6 Å². The molecule has 0 spiro atoms. The van der Waals surface area contributed by atoms with Crippen LogP contribution in [0.5, 0.6) is 0 Å². The average molecular weight is 376 g/mol. The number of amides is 1. The lowest BCUT2D eigenvalue weighted by atomic mass is 10.1. The molecule has 2 aromatic heterocycles. The van der Waals surface area contributed by atoms with Crippen molar-refractivity contribution in [3.8, 4) is 11.3 Å². The van der Waals surface area contributed by atoms with Crippen molar-refractivity contribution in [2.75, 3.05) is 5.32 Å². The Balaban J connectivity index is 1.72. The van der Waals surface area contributed by atoms with E-state index in [0.717, 1.165) is 23.4 Å². The zero-order valence-corrected chi connectivity index (χ0v) is 15.5. The third-order valence-electron chi connectivity index (χ3n) is 3.94. The number of hydrogen-bond acceptors (Lipinski definition) is 5. The van der Waals surface area contributed by atoms with Crippen molar-refractivity contribution in [1.82, 2.24) is 20.4 Å². The van der Waals surface area contributed by atoms with Crippen molar-refractivity contribution in [3.05, 3.63) is 46.1 Å². The zero-order valence-electron chi connectivity index (χ0n) is 13.9. The van der Waals surface area contributed by atoms with Crippen LogP contribution < -0.4 is 5.32 Å². The SMILES string of the molecule is CCC(CC)c1nnc(NC(=O)c2cc(-c3cccc(Cl)c3)n[nH]2)s1. The fourth-order valence-corrected chi connectivity index (χ4v) is 3.68. The minimum Gasteiger partial charge on any atom is -0.295 e. The second-order valence-corrected chi connectivity index (χ2v) is 7.04. The Hall–Kier alpha value is -2.25. The Labute approximate surface area is 154 Å². The topological polar surface area (TPSA) is 83.6 Å². The highest BCUT2D eigenvalue weighted by Crippen LogP contribution is 2.28. The van der Waals surface area contributed by atoms with Gasteiger partial charge in [0.05, 0.1) is 5.69 Å². The van der Waals surface area contributed by atoms with Gasteiger partial charge in [0.2, 0.25) is 5.13 Å². The lowest BCUT2D eigenvalue weighted by Crippen LogP contribution is -2.12. The second kappa shape index (κ2) is 7.76. The van der Waals surface area contributed by atoms with Gasteiger partial charge in [0.25, 0.3) is 5.91 Å². The summed E-state index contributed by atoms with van der Waals surface area (Å²) in [6.45, 7) is 4.24. The number of carbonyl (C=O) groups is 1. The van der Waals surface area contributed by atoms with Crippen LogP contribution in [0.25, 0.3) is 11.3 Å². The number of hydrogen-bond donors (Lipinski definition) is 2. The Morgan fingerprint density at radius 1 is 1.28 bits per heavy atom. The van der Waals surface area contributed by atoms with E-state index in [9.17, 15) is 4.79 Å². The molecule has 0 fully saturated rings. The van der Waals surface area contributed by atoms with Gasteiger partial charge in [-0.05, 0) is 31.0 Å². The van der Waals surface area contributed by atoms with E-state index in [1.165, 1.54) is 11.3 Å².